The van der Waals surface area contributed by atoms with Crippen LogP contribution in [0, 0.1) is 5.82 Å². The van der Waals surface area contributed by atoms with Gasteiger partial charge in [-0.1, -0.05) is 23.7 Å². The predicted molar refractivity (Wildman–Crippen MR) is 54.7 cm³/mol. The molecule has 1 aromatic carbocycles. The van der Waals surface area contributed by atoms with E-state index in [4.69, 9.17) is 22.4 Å². The van der Waals surface area contributed by atoms with Crippen molar-refractivity contribution >= 4 is 11.6 Å². The Morgan fingerprint density at radius 2 is 2.21 bits per heavy atom. The molecule has 0 aliphatic rings. The third kappa shape index (κ3) is 2.67. The number of halogens is 2. The normalized spacial score (nSPS) is 12.9. The Balaban J connectivity index is 2.79. The van der Waals surface area contributed by atoms with Crippen molar-refractivity contribution < 1.29 is 9.50 Å². The van der Waals surface area contributed by atoms with Gasteiger partial charge in [0.25, 0.3) is 0 Å². The number of hydrogen-bond donors (Lipinski definition) is 2. The van der Waals surface area contributed by atoms with Crippen molar-refractivity contribution in [3.63, 3.8) is 0 Å². The lowest BCUT2D eigenvalue weighted by molar-refractivity contribution is 0.280. The lowest BCUT2D eigenvalue weighted by Crippen LogP contribution is -2.11. The zero-order valence-electron chi connectivity index (χ0n) is 7.71. The minimum absolute atomic E-state index is 0.0814. The fraction of sp³-hybridized carbons (Fsp3) is 0.400. The molecular formula is C10H13ClFNO. The highest BCUT2D eigenvalue weighted by molar-refractivity contribution is 6.31. The zero-order valence-corrected chi connectivity index (χ0v) is 8.47. The summed E-state index contributed by atoms with van der Waals surface area (Å²) >= 11 is 5.75. The molecule has 0 bridgehead atoms. The number of benzene rings is 1. The number of aliphatic hydroxyl groups is 1. The maximum atomic E-state index is 13.0. The third-order valence-corrected chi connectivity index (χ3v) is 2.45. The van der Waals surface area contributed by atoms with Crippen LogP contribution in [-0.2, 0) is 0 Å². The number of rotatable bonds is 4. The van der Waals surface area contributed by atoms with E-state index < -0.39 is 5.82 Å². The Labute approximate surface area is 87.5 Å². The van der Waals surface area contributed by atoms with Crippen LogP contribution in [0.15, 0.2) is 18.2 Å². The van der Waals surface area contributed by atoms with Gasteiger partial charge < -0.3 is 10.8 Å². The summed E-state index contributed by atoms with van der Waals surface area (Å²) in [5.74, 6) is -0.455. The Hall–Kier alpha value is -0.640. The second-order valence-electron chi connectivity index (χ2n) is 3.12. The molecule has 14 heavy (non-hydrogen) atoms. The van der Waals surface area contributed by atoms with E-state index >= 15 is 0 Å². The van der Waals surface area contributed by atoms with Crippen LogP contribution in [0.3, 0.4) is 0 Å². The van der Waals surface area contributed by atoms with Gasteiger partial charge in [0.1, 0.15) is 5.82 Å². The molecule has 0 unspecified atom stereocenters. The Kier molecular flexibility index (Phi) is 4.32. The average Bonchev–Trinajstić information content (AvgIpc) is 2.18. The van der Waals surface area contributed by atoms with Crippen molar-refractivity contribution in [3.05, 3.63) is 34.6 Å². The van der Waals surface area contributed by atoms with Crippen LogP contribution in [0.2, 0.25) is 5.02 Å². The topological polar surface area (TPSA) is 46.2 Å². The summed E-state index contributed by atoms with van der Waals surface area (Å²) in [5, 5.41) is 8.70. The molecule has 1 rings (SSSR count). The Morgan fingerprint density at radius 1 is 1.50 bits per heavy atom. The fourth-order valence-electron chi connectivity index (χ4n) is 1.27. The minimum atomic E-state index is -0.455. The van der Waals surface area contributed by atoms with Gasteiger partial charge in [0, 0.05) is 12.6 Å². The molecule has 0 radical (unpaired) electrons. The number of hydrogen-bond acceptors (Lipinski definition) is 2. The van der Waals surface area contributed by atoms with Gasteiger partial charge in [0.2, 0.25) is 0 Å². The summed E-state index contributed by atoms with van der Waals surface area (Å²) in [5.41, 5.74) is 6.39. The summed E-state index contributed by atoms with van der Waals surface area (Å²) in [7, 11) is 0. The largest absolute Gasteiger partial charge is 0.396 e. The molecule has 1 atom stereocenters. The van der Waals surface area contributed by atoms with Crippen LogP contribution in [0.25, 0.3) is 0 Å². The first kappa shape index (κ1) is 11.4. The first-order chi connectivity index (χ1) is 6.66. The van der Waals surface area contributed by atoms with Crippen molar-refractivity contribution in [1.82, 2.24) is 0 Å². The van der Waals surface area contributed by atoms with E-state index in [1.807, 2.05) is 0 Å². The van der Waals surface area contributed by atoms with Crippen molar-refractivity contribution in [3.8, 4) is 0 Å². The molecule has 0 amide bonds. The van der Waals surface area contributed by atoms with E-state index in [2.05, 4.69) is 0 Å². The molecule has 0 spiro atoms. The van der Waals surface area contributed by atoms with Crippen molar-refractivity contribution in [2.24, 2.45) is 5.73 Å². The van der Waals surface area contributed by atoms with Crippen LogP contribution in [-0.4, -0.2) is 11.7 Å². The van der Waals surface area contributed by atoms with Crippen molar-refractivity contribution in [2.75, 3.05) is 6.61 Å². The van der Waals surface area contributed by atoms with Gasteiger partial charge in [-0.05, 0) is 24.5 Å². The fourth-order valence-corrected chi connectivity index (χ4v) is 1.54. The lowest BCUT2D eigenvalue weighted by Gasteiger charge is -2.12. The highest BCUT2D eigenvalue weighted by atomic mass is 35.5. The number of nitrogens with two attached hydrogens (primary N) is 1. The molecular weight excluding hydrogens is 205 g/mol. The van der Waals surface area contributed by atoms with E-state index in [0.717, 1.165) is 0 Å². The molecule has 0 aliphatic carbocycles. The Bertz CT molecular complexity index is 306. The van der Waals surface area contributed by atoms with Crippen LogP contribution >= 0.6 is 11.6 Å². The molecule has 3 N–H and O–H groups in total. The minimum Gasteiger partial charge on any atom is -0.396 e. The SMILES string of the molecule is N[C@@H](CCCO)c1cccc(F)c1Cl. The van der Waals surface area contributed by atoms with Crippen LogP contribution < -0.4 is 5.73 Å². The van der Waals surface area contributed by atoms with E-state index in [-0.39, 0.29) is 17.7 Å². The third-order valence-electron chi connectivity index (χ3n) is 2.05. The van der Waals surface area contributed by atoms with Crippen LogP contribution in [0.5, 0.6) is 0 Å². The smallest absolute Gasteiger partial charge is 0.142 e. The summed E-state index contributed by atoms with van der Waals surface area (Å²) in [6, 6.07) is 4.26. The van der Waals surface area contributed by atoms with E-state index in [1.165, 1.54) is 6.07 Å². The van der Waals surface area contributed by atoms with Gasteiger partial charge in [0.05, 0.1) is 5.02 Å². The maximum absolute atomic E-state index is 13.0. The van der Waals surface area contributed by atoms with Gasteiger partial charge in [0.15, 0.2) is 0 Å². The summed E-state index contributed by atoms with van der Waals surface area (Å²) in [6.45, 7) is 0.0840. The highest BCUT2D eigenvalue weighted by Gasteiger charge is 2.12. The molecule has 0 saturated heterocycles. The van der Waals surface area contributed by atoms with Crippen molar-refractivity contribution in [2.45, 2.75) is 18.9 Å². The summed E-state index contributed by atoms with van der Waals surface area (Å²) < 4.78 is 13.0. The highest BCUT2D eigenvalue weighted by Crippen LogP contribution is 2.26. The molecule has 2 nitrogen and oxygen atoms in total. The Morgan fingerprint density at radius 3 is 2.86 bits per heavy atom. The first-order valence-electron chi connectivity index (χ1n) is 4.47. The molecule has 0 heterocycles. The van der Waals surface area contributed by atoms with Gasteiger partial charge >= 0.3 is 0 Å². The molecule has 1 aromatic rings. The molecule has 0 aromatic heterocycles. The van der Waals surface area contributed by atoms with Gasteiger partial charge in [-0.25, -0.2) is 4.39 Å². The number of aliphatic hydroxyl groups excluding tert-OH is 1. The summed E-state index contributed by atoms with van der Waals surface area (Å²) in [4.78, 5) is 0. The second kappa shape index (κ2) is 5.29. The monoisotopic (exact) mass is 217 g/mol. The zero-order chi connectivity index (χ0) is 10.6. The molecule has 0 saturated carbocycles. The van der Waals surface area contributed by atoms with Crippen LogP contribution in [0.4, 0.5) is 4.39 Å². The van der Waals surface area contributed by atoms with E-state index in [0.29, 0.717) is 18.4 Å². The molecule has 4 heteroatoms. The molecule has 78 valence electrons. The average molecular weight is 218 g/mol. The quantitative estimate of drug-likeness (QED) is 0.813. The van der Waals surface area contributed by atoms with E-state index in [1.54, 1.807) is 12.1 Å². The van der Waals surface area contributed by atoms with Gasteiger partial charge in [-0.2, -0.15) is 0 Å². The van der Waals surface area contributed by atoms with Gasteiger partial charge in [-0.15, -0.1) is 0 Å². The molecule has 0 fully saturated rings. The molecule has 0 aliphatic heterocycles. The standard InChI is InChI=1S/C10H13ClFNO/c11-10-7(3-1-4-8(10)12)9(13)5-2-6-14/h1,3-4,9,14H,2,5-6,13H2/t9-/m0/s1. The van der Waals surface area contributed by atoms with E-state index in [9.17, 15) is 4.39 Å². The second-order valence-corrected chi connectivity index (χ2v) is 3.49. The summed E-state index contributed by atoms with van der Waals surface area (Å²) in [6.07, 6.45) is 1.19. The first-order valence-corrected chi connectivity index (χ1v) is 4.85. The van der Waals surface area contributed by atoms with Crippen molar-refractivity contribution in [1.29, 1.82) is 0 Å². The van der Waals surface area contributed by atoms with Crippen LogP contribution in [0.1, 0.15) is 24.4 Å². The lowest BCUT2D eigenvalue weighted by atomic mass is 10.0. The van der Waals surface area contributed by atoms with Gasteiger partial charge in [-0.3, -0.25) is 0 Å². The predicted octanol–water partition coefficient (Wildman–Crippen LogP) is 2.25. The maximum Gasteiger partial charge on any atom is 0.142 e.